The molecule has 0 spiro atoms. The van der Waals surface area contributed by atoms with Crippen molar-refractivity contribution in [1.82, 2.24) is 4.73 Å². The van der Waals surface area contributed by atoms with Gasteiger partial charge >= 0.3 is 0 Å². The van der Waals surface area contributed by atoms with Crippen molar-refractivity contribution in [2.75, 3.05) is 36.9 Å². The first-order valence-electron chi connectivity index (χ1n) is 5.74. The van der Waals surface area contributed by atoms with Crippen molar-refractivity contribution in [2.45, 2.75) is 0 Å². The Hall–Kier alpha value is -1.92. The number of nitrogens with zero attached hydrogens (tertiary/aromatic N) is 2. The second-order valence-corrected chi connectivity index (χ2v) is 4.03. The number of nitrogen functional groups attached to an aromatic ring is 1. The van der Waals surface area contributed by atoms with Crippen molar-refractivity contribution in [1.29, 1.82) is 0 Å². The van der Waals surface area contributed by atoms with E-state index in [0.29, 0.717) is 24.3 Å². The van der Waals surface area contributed by atoms with Gasteiger partial charge in [-0.1, -0.05) is 0 Å². The lowest BCUT2D eigenvalue weighted by molar-refractivity contribution is 0.200. The molecule has 0 aliphatic heterocycles. The van der Waals surface area contributed by atoms with Gasteiger partial charge in [0.15, 0.2) is 0 Å². The molecule has 18 heavy (non-hydrogen) atoms. The molecule has 0 amide bonds. The summed E-state index contributed by atoms with van der Waals surface area (Å²) in [5.41, 5.74) is 7.73. The number of hydrogen-bond donors (Lipinski definition) is 4. The van der Waals surface area contributed by atoms with E-state index >= 15 is 0 Å². The van der Waals surface area contributed by atoms with Gasteiger partial charge in [-0.2, -0.15) is 4.73 Å². The van der Waals surface area contributed by atoms with Crippen molar-refractivity contribution >= 4 is 22.3 Å². The lowest BCUT2D eigenvalue weighted by atomic mass is 10.1. The highest BCUT2D eigenvalue weighted by molar-refractivity contribution is 5.99. The first-order valence-corrected chi connectivity index (χ1v) is 5.74. The topological polar surface area (TPSA) is 94.9 Å². The van der Waals surface area contributed by atoms with E-state index < -0.39 is 0 Å². The van der Waals surface area contributed by atoms with E-state index in [1.807, 2.05) is 0 Å². The lowest BCUT2D eigenvalue weighted by Gasteiger charge is -2.24. The fourth-order valence-electron chi connectivity index (χ4n) is 2.10. The van der Waals surface area contributed by atoms with Crippen LogP contribution in [0, 0.1) is 0 Å². The molecule has 0 aliphatic carbocycles. The highest BCUT2D eigenvalue weighted by Crippen LogP contribution is 2.31. The third-order valence-electron chi connectivity index (χ3n) is 2.92. The SMILES string of the molecule is Nc1ccc(N(CCO)CCO)c2c1ccn2O. The summed E-state index contributed by atoms with van der Waals surface area (Å²) in [6, 6.07) is 5.25. The van der Waals surface area contributed by atoms with Gasteiger partial charge in [0.05, 0.1) is 18.9 Å². The molecule has 0 saturated heterocycles. The van der Waals surface area contributed by atoms with E-state index in [2.05, 4.69) is 0 Å². The van der Waals surface area contributed by atoms with Gasteiger partial charge in [0.25, 0.3) is 0 Å². The average Bonchev–Trinajstić information content (AvgIpc) is 2.74. The number of nitrogens with two attached hydrogens (primary N) is 1. The largest absolute Gasteiger partial charge is 0.428 e. The molecule has 5 N–H and O–H groups in total. The van der Waals surface area contributed by atoms with E-state index in [-0.39, 0.29) is 13.2 Å². The molecule has 1 aromatic heterocycles. The zero-order valence-corrected chi connectivity index (χ0v) is 9.95. The van der Waals surface area contributed by atoms with Crippen LogP contribution in [0.2, 0.25) is 0 Å². The molecule has 6 nitrogen and oxygen atoms in total. The quantitative estimate of drug-likeness (QED) is 0.451. The Kier molecular flexibility index (Phi) is 3.59. The Morgan fingerprint density at radius 1 is 1.11 bits per heavy atom. The number of aliphatic hydroxyl groups excluding tert-OH is 2. The Bertz CT molecular complexity index is 533. The summed E-state index contributed by atoms with van der Waals surface area (Å²) in [7, 11) is 0. The number of aliphatic hydroxyl groups is 2. The highest BCUT2D eigenvalue weighted by Gasteiger charge is 2.14. The summed E-state index contributed by atoms with van der Waals surface area (Å²) in [5, 5.41) is 28.7. The van der Waals surface area contributed by atoms with Gasteiger partial charge in [0, 0.05) is 30.4 Å². The van der Waals surface area contributed by atoms with E-state index in [1.165, 1.54) is 6.20 Å². The number of hydrogen-bond acceptors (Lipinski definition) is 5. The molecule has 2 rings (SSSR count). The molecule has 0 bridgehead atoms. The van der Waals surface area contributed by atoms with Crippen LogP contribution in [0.4, 0.5) is 11.4 Å². The summed E-state index contributed by atoms with van der Waals surface area (Å²) in [6.45, 7) is 0.700. The van der Waals surface area contributed by atoms with E-state index in [1.54, 1.807) is 23.1 Å². The standard InChI is InChI=1S/C12H17N3O3/c13-10-1-2-11(14(5-7-16)6-8-17)12-9(10)3-4-15(12)18/h1-4,16-18H,5-8,13H2. The Balaban J connectivity index is 2.54. The van der Waals surface area contributed by atoms with Crippen molar-refractivity contribution in [3.63, 3.8) is 0 Å². The molecule has 2 aromatic rings. The normalized spacial score (nSPS) is 11.0. The van der Waals surface area contributed by atoms with E-state index in [9.17, 15) is 5.21 Å². The molecular weight excluding hydrogens is 234 g/mol. The zero-order chi connectivity index (χ0) is 13.1. The molecule has 1 heterocycles. The van der Waals surface area contributed by atoms with Crippen LogP contribution < -0.4 is 10.6 Å². The fraction of sp³-hybridized carbons (Fsp3) is 0.333. The van der Waals surface area contributed by atoms with E-state index in [4.69, 9.17) is 15.9 Å². The Morgan fingerprint density at radius 2 is 1.78 bits per heavy atom. The Labute approximate surface area is 104 Å². The van der Waals surface area contributed by atoms with E-state index in [0.717, 1.165) is 15.8 Å². The van der Waals surface area contributed by atoms with Gasteiger partial charge in [-0.3, -0.25) is 0 Å². The van der Waals surface area contributed by atoms with Crippen LogP contribution in [0.1, 0.15) is 0 Å². The van der Waals surface area contributed by atoms with Crippen molar-refractivity contribution < 1.29 is 15.4 Å². The smallest absolute Gasteiger partial charge is 0.112 e. The number of benzene rings is 1. The number of anilines is 2. The minimum absolute atomic E-state index is 0.0298. The highest BCUT2D eigenvalue weighted by atomic mass is 16.5. The van der Waals surface area contributed by atoms with Crippen molar-refractivity contribution in [2.24, 2.45) is 0 Å². The maximum Gasteiger partial charge on any atom is 0.112 e. The van der Waals surface area contributed by atoms with Gasteiger partial charge in [-0.15, -0.1) is 0 Å². The molecule has 0 saturated carbocycles. The van der Waals surface area contributed by atoms with Crippen LogP contribution in [0.5, 0.6) is 0 Å². The molecule has 6 heteroatoms. The van der Waals surface area contributed by atoms with Gasteiger partial charge in [-0.25, -0.2) is 0 Å². The second kappa shape index (κ2) is 5.16. The number of rotatable bonds is 5. The average molecular weight is 251 g/mol. The molecule has 0 fully saturated rings. The second-order valence-electron chi connectivity index (χ2n) is 4.03. The van der Waals surface area contributed by atoms with Gasteiger partial charge in [0.1, 0.15) is 5.52 Å². The number of aromatic nitrogens is 1. The molecule has 1 aromatic carbocycles. The molecule has 0 aliphatic rings. The fourth-order valence-corrected chi connectivity index (χ4v) is 2.10. The number of fused-ring (bicyclic) bond motifs is 1. The van der Waals surface area contributed by atoms with Gasteiger partial charge < -0.3 is 26.1 Å². The first-order chi connectivity index (χ1) is 8.69. The third-order valence-corrected chi connectivity index (χ3v) is 2.92. The van der Waals surface area contributed by atoms with Crippen molar-refractivity contribution in [3.8, 4) is 0 Å². The van der Waals surface area contributed by atoms with Crippen LogP contribution in [-0.4, -0.2) is 46.5 Å². The molecule has 0 unspecified atom stereocenters. The van der Waals surface area contributed by atoms with Crippen LogP contribution in [-0.2, 0) is 0 Å². The predicted molar refractivity (Wildman–Crippen MR) is 69.9 cm³/mol. The molecule has 98 valence electrons. The van der Waals surface area contributed by atoms with Crippen LogP contribution in [0.3, 0.4) is 0 Å². The summed E-state index contributed by atoms with van der Waals surface area (Å²) in [5.74, 6) is 0. The first kappa shape index (κ1) is 12.5. The van der Waals surface area contributed by atoms with Crippen LogP contribution >= 0.6 is 0 Å². The molecule has 0 radical (unpaired) electrons. The maximum atomic E-state index is 9.81. The zero-order valence-electron chi connectivity index (χ0n) is 9.95. The maximum absolute atomic E-state index is 9.81. The summed E-state index contributed by atoms with van der Waals surface area (Å²) >= 11 is 0. The van der Waals surface area contributed by atoms with Gasteiger partial charge in [-0.05, 0) is 18.2 Å². The van der Waals surface area contributed by atoms with Gasteiger partial charge in [0.2, 0.25) is 0 Å². The molecule has 0 atom stereocenters. The summed E-state index contributed by atoms with van der Waals surface area (Å²) in [6.07, 6.45) is 1.51. The molecular formula is C12H17N3O3. The summed E-state index contributed by atoms with van der Waals surface area (Å²) < 4.78 is 1.00. The van der Waals surface area contributed by atoms with Crippen LogP contribution in [0.25, 0.3) is 10.9 Å². The predicted octanol–water partition coefficient (Wildman–Crippen LogP) is 0.252. The third kappa shape index (κ3) is 2.07. The van der Waals surface area contributed by atoms with Crippen LogP contribution in [0.15, 0.2) is 24.4 Å². The lowest BCUT2D eigenvalue weighted by Crippen LogP contribution is -2.30. The monoisotopic (exact) mass is 251 g/mol. The minimum Gasteiger partial charge on any atom is -0.428 e. The summed E-state index contributed by atoms with van der Waals surface area (Å²) in [4.78, 5) is 1.80. The Morgan fingerprint density at radius 3 is 2.39 bits per heavy atom. The van der Waals surface area contributed by atoms with Crippen molar-refractivity contribution in [3.05, 3.63) is 24.4 Å². The minimum atomic E-state index is -0.0298.